The third-order valence-corrected chi connectivity index (χ3v) is 6.29. The summed E-state index contributed by atoms with van der Waals surface area (Å²) in [5.41, 5.74) is 11.9. The first-order valence-corrected chi connectivity index (χ1v) is 11.5. The van der Waals surface area contributed by atoms with Crippen LogP contribution in [0.5, 0.6) is 5.75 Å². The predicted octanol–water partition coefficient (Wildman–Crippen LogP) is 3.29. The smallest absolute Gasteiger partial charge is 0.184 e. The van der Waals surface area contributed by atoms with E-state index in [4.69, 9.17) is 27.4 Å². The molecule has 0 aromatic heterocycles. The molecule has 174 valence electrons. The van der Waals surface area contributed by atoms with E-state index in [1.807, 2.05) is 49.4 Å². The Morgan fingerprint density at radius 2 is 1.85 bits per heavy atom. The molecular weight excluding hydrogens is 436 g/mol. The summed E-state index contributed by atoms with van der Waals surface area (Å²) in [6.45, 7) is 6.12. The number of benzene rings is 2. The van der Waals surface area contributed by atoms with Crippen LogP contribution in [-0.4, -0.2) is 60.3 Å². The van der Waals surface area contributed by atoms with Crippen molar-refractivity contribution in [2.24, 2.45) is 16.8 Å². The topological polar surface area (TPSA) is 92.3 Å². The summed E-state index contributed by atoms with van der Waals surface area (Å²) in [7, 11) is 0. The van der Waals surface area contributed by atoms with Crippen LogP contribution in [0.1, 0.15) is 24.0 Å². The van der Waals surface area contributed by atoms with Crippen LogP contribution in [0, 0.1) is 5.92 Å². The van der Waals surface area contributed by atoms with Crippen molar-refractivity contribution in [3.05, 3.63) is 71.3 Å². The highest BCUT2D eigenvalue weighted by atomic mass is 32.1. The standard InChI is InChI=1S/C25H30N4O3S/c1-17(27-28-25(26)33)20(15-29-11-13-31-14-12-29)23(18-7-3-2-4-8-18)21-16-32-22-10-6-5-9-19(22)24(21)30/h2-10,20,23,30H,11-16H2,1H3,(H3,26,28,33)/b27-17+/t20-,23-/m1/s1. The molecule has 33 heavy (non-hydrogen) atoms. The third kappa shape index (κ3) is 5.52. The molecule has 4 rings (SSSR count). The van der Waals surface area contributed by atoms with Gasteiger partial charge in [-0.25, -0.2) is 0 Å². The van der Waals surface area contributed by atoms with Crippen LogP contribution in [0.4, 0.5) is 0 Å². The van der Waals surface area contributed by atoms with Gasteiger partial charge in [-0.15, -0.1) is 0 Å². The van der Waals surface area contributed by atoms with Crippen LogP contribution < -0.4 is 15.9 Å². The molecule has 2 aliphatic heterocycles. The minimum absolute atomic E-state index is 0.0571. The lowest BCUT2D eigenvalue weighted by molar-refractivity contribution is 0.0333. The average Bonchev–Trinajstić information content (AvgIpc) is 2.85. The highest BCUT2D eigenvalue weighted by Gasteiger charge is 2.35. The van der Waals surface area contributed by atoms with Crippen LogP contribution in [0.3, 0.4) is 0 Å². The average molecular weight is 467 g/mol. The summed E-state index contributed by atoms with van der Waals surface area (Å²) in [6.07, 6.45) is 0. The van der Waals surface area contributed by atoms with Crippen molar-refractivity contribution < 1.29 is 14.6 Å². The van der Waals surface area contributed by atoms with E-state index in [1.165, 1.54) is 0 Å². The zero-order valence-corrected chi connectivity index (χ0v) is 19.6. The molecule has 0 saturated carbocycles. The molecule has 2 aliphatic rings. The lowest BCUT2D eigenvalue weighted by Gasteiger charge is -2.37. The molecule has 2 aromatic carbocycles. The molecule has 0 spiro atoms. The highest BCUT2D eigenvalue weighted by molar-refractivity contribution is 7.80. The van der Waals surface area contributed by atoms with Gasteiger partial charge in [-0.2, -0.15) is 5.10 Å². The molecule has 1 fully saturated rings. The van der Waals surface area contributed by atoms with Crippen molar-refractivity contribution in [3.63, 3.8) is 0 Å². The maximum atomic E-state index is 11.4. The molecule has 0 unspecified atom stereocenters. The SMILES string of the molecule is C/C(=N\NC(N)=S)[C@@H](CN1CCOCC1)[C@H](C1=C(O)c2ccccc2OC1)c1ccccc1. The molecule has 8 heteroatoms. The molecule has 1 saturated heterocycles. The Labute approximate surface area is 199 Å². The molecule has 2 aromatic rings. The van der Waals surface area contributed by atoms with Gasteiger partial charge in [-0.05, 0) is 36.8 Å². The van der Waals surface area contributed by atoms with Gasteiger partial charge < -0.3 is 20.3 Å². The second-order valence-electron chi connectivity index (χ2n) is 8.30. The van der Waals surface area contributed by atoms with Gasteiger partial charge in [-0.3, -0.25) is 10.3 Å². The molecule has 0 radical (unpaired) electrons. The van der Waals surface area contributed by atoms with Gasteiger partial charge in [0.1, 0.15) is 18.1 Å². The van der Waals surface area contributed by atoms with Gasteiger partial charge in [0, 0.05) is 42.8 Å². The number of morpholine rings is 1. The van der Waals surface area contributed by atoms with Crippen molar-refractivity contribution >= 4 is 28.8 Å². The number of nitrogens with two attached hydrogens (primary N) is 1. The minimum atomic E-state index is -0.153. The van der Waals surface area contributed by atoms with Crippen molar-refractivity contribution in [1.29, 1.82) is 0 Å². The van der Waals surface area contributed by atoms with Gasteiger partial charge in [0.05, 0.1) is 18.8 Å². The Balaban J connectivity index is 1.80. The zero-order valence-electron chi connectivity index (χ0n) is 18.7. The molecule has 2 atom stereocenters. The first-order valence-electron chi connectivity index (χ1n) is 11.1. The van der Waals surface area contributed by atoms with Crippen LogP contribution >= 0.6 is 12.2 Å². The molecule has 7 nitrogen and oxygen atoms in total. The number of hydrogen-bond donors (Lipinski definition) is 3. The van der Waals surface area contributed by atoms with Crippen molar-refractivity contribution in [1.82, 2.24) is 10.3 Å². The Bertz CT molecular complexity index is 1030. The molecular formula is C25H30N4O3S. The maximum absolute atomic E-state index is 11.4. The van der Waals surface area contributed by atoms with Crippen LogP contribution in [0.25, 0.3) is 5.76 Å². The largest absolute Gasteiger partial charge is 0.507 e. The zero-order chi connectivity index (χ0) is 23.2. The Kier molecular flexibility index (Phi) is 7.59. The van der Waals surface area contributed by atoms with Crippen molar-refractivity contribution in [3.8, 4) is 5.75 Å². The van der Waals surface area contributed by atoms with Gasteiger partial charge in [0.15, 0.2) is 5.11 Å². The Hall–Kier alpha value is -2.94. The maximum Gasteiger partial charge on any atom is 0.184 e. The summed E-state index contributed by atoms with van der Waals surface area (Å²) < 4.78 is 11.6. The number of hydrogen-bond acceptors (Lipinski definition) is 6. The van der Waals surface area contributed by atoms with Crippen LogP contribution in [0.15, 0.2) is 65.3 Å². The highest BCUT2D eigenvalue weighted by Crippen LogP contribution is 2.41. The number of aliphatic hydroxyl groups excluding tert-OH is 1. The molecule has 4 N–H and O–H groups in total. The van der Waals surface area contributed by atoms with E-state index >= 15 is 0 Å². The number of thiocarbonyl (C=S) groups is 1. The number of para-hydroxylation sites is 1. The van der Waals surface area contributed by atoms with E-state index in [2.05, 4.69) is 27.6 Å². The van der Waals surface area contributed by atoms with Gasteiger partial charge in [-0.1, -0.05) is 42.5 Å². The number of aliphatic hydroxyl groups is 1. The first kappa shape index (κ1) is 23.2. The molecule has 0 bridgehead atoms. The molecule has 0 aliphatic carbocycles. The van der Waals surface area contributed by atoms with Gasteiger partial charge in [0.2, 0.25) is 0 Å². The second kappa shape index (κ2) is 10.8. The van der Waals surface area contributed by atoms with Crippen LogP contribution in [-0.2, 0) is 4.74 Å². The fourth-order valence-corrected chi connectivity index (χ4v) is 4.57. The summed E-state index contributed by atoms with van der Waals surface area (Å²) in [5.74, 6) is 0.751. The van der Waals surface area contributed by atoms with E-state index in [9.17, 15) is 5.11 Å². The lowest BCUT2D eigenvalue weighted by Crippen LogP contribution is -2.43. The summed E-state index contributed by atoms with van der Waals surface area (Å²) in [4.78, 5) is 2.37. The van der Waals surface area contributed by atoms with E-state index in [1.54, 1.807) is 0 Å². The van der Waals surface area contributed by atoms with E-state index in [-0.39, 0.29) is 22.7 Å². The number of hydrazone groups is 1. The number of nitrogens with one attached hydrogen (secondary N) is 1. The quantitative estimate of drug-likeness (QED) is 0.328. The number of ether oxygens (including phenoxy) is 2. The molecule has 0 amide bonds. The summed E-state index contributed by atoms with van der Waals surface area (Å²) in [5, 5.41) is 16.0. The molecule has 2 heterocycles. The van der Waals surface area contributed by atoms with Crippen molar-refractivity contribution in [2.75, 3.05) is 39.5 Å². The Morgan fingerprint density at radius 1 is 1.15 bits per heavy atom. The third-order valence-electron chi connectivity index (χ3n) is 6.20. The lowest BCUT2D eigenvalue weighted by atomic mass is 9.76. The van der Waals surface area contributed by atoms with E-state index in [0.717, 1.165) is 36.5 Å². The number of nitrogens with zero attached hydrogens (tertiary/aromatic N) is 2. The monoisotopic (exact) mass is 466 g/mol. The minimum Gasteiger partial charge on any atom is -0.507 e. The summed E-state index contributed by atoms with van der Waals surface area (Å²) in [6, 6.07) is 17.8. The fourth-order valence-electron chi connectivity index (χ4n) is 4.53. The summed E-state index contributed by atoms with van der Waals surface area (Å²) >= 11 is 4.97. The van der Waals surface area contributed by atoms with Gasteiger partial charge >= 0.3 is 0 Å². The normalized spacial score (nSPS) is 18.8. The number of fused-ring (bicyclic) bond motifs is 1. The fraction of sp³-hybridized carbons (Fsp3) is 0.360. The van der Waals surface area contributed by atoms with E-state index < -0.39 is 0 Å². The predicted molar refractivity (Wildman–Crippen MR) is 134 cm³/mol. The number of rotatable bonds is 7. The second-order valence-corrected chi connectivity index (χ2v) is 8.74. The van der Waals surface area contributed by atoms with Crippen LogP contribution in [0.2, 0.25) is 0 Å². The van der Waals surface area contributed by atoms with E-state index in [0.29, 0.717) is 31.1 Å². The van der Waals surface area contributed by atoms with Crippen molar-refractivity contribution in [2.45, 2.75) is 12.8 Å². The Morgan fingerprint density at radius 3 is 2.58 bits per heavy atom. The van der Waals surface area contributed by atoms with Gasteiger partial charge in [0.25, 0.3) is 0 Å². The first-order chi connectivity index (χ1) is 16.0.